The SMILES string of the molecule is CNS(=O)(=O)CCC[S@@](=O)Cc1ccc(F)cc1F. The Morgan fingerprint density at radius 1 is 1.32 bits per heavy atom. The van der Waals surface area contributed by atoms with E-state index in [9.17, 15) is 21.4 Å². The molecule has 0 spiro atoms. The molecule has 0 heterocycles. The molecule has 4 nitrogen and oxygen atoms in total. The Balaban J connectivity index is 2.48. The molecule has 0 amide bonds. The van der Waals surface area contributed by atoms with Gasteiger partial charge in [0.05, 0.1) is 11.5 Å². The molecule has 0 unspecified atom stereocenters. The van der Waals surface area contributed by atoms with Crippen LogP contribution < -0.4 is 4.72 Å². The monoisotopic (exact) mass is 311 g/mol. The molecule has 0 aliphatic heterocycles. The average molecular weight is 311 g/mol. The minimum atomic E-state index is -3.31. The summed E-state index contributed by atoms with van der Waals surface area (Å²) >= 11 is 0. The van der Waals surface area contributed by atoms with Gasteiger partial charge in [0.1, 0.15) is 11.6 Å². The van der Waals surface area contributed by atoms with E-state index in [0.29, 0.717) is 0 Å². The molecular weight excluding hydrogens is 296 g/mol. The highest BCUT2D eigenvalue weighted by atomic mass is 32.2. The molecule has 0 fully saturated rings. The van der Waals surface area contributed by atoms with E-state index < -0.39 is 32.5 Å². The molecule has 19 heavy (non-hydrogen) atoms. The fourth-order valence-corrected chi connectivity index (χ4v) is 3.50. The molecule has 0 aliphatic carbocycles. The maximum Gasteiger partial charge on any atom is 0.211 e. The van der Waals surface area contributed by atoms with Crippen molar-refractivity contribution in [3.8, 4) is 0 Å². The molecule has 0 aromatic heterocycles. The van der Waals surface area contributed by atoms with Crippen LogP contribution in [0.15, 0.2) is 18.2 Å². The van der Waals surface area contributed by atoms with Crippen LogP contribution in [0.3, 0.4) is 0 Å². The highest BCUT2D eigenvalue weighted by molar-refractivity contribution is 7.89. The van der Waals surface area contributed by atoms with Crippen LogP contribution in [0.4, 0.5) is 8.78 Å². The third-order valence-electron chi connectivity index (χ3n) is 2.43. The number of hydrogen-bond donors (Lipinski definition) is 1. The molecule has 108 valence electrons. The van der Waals surface area contributed by atoms with Crippen molar-refractivity contribution >= 4 is 20.8 Å². The van der Waals surface area contributed by atoms with E-state index in [-0.39, 0.29) is 29.2 Å². The molecule has 8 heteroatoms. The van der Waals surface area contributed by atoms with Crippen molar-refractivity contribution in [2.24, 2.45) is 0 Å². The fraction of sp³-hybridized carbons (Fsp3) is 0.455. The van der Waals surface area contributed by atoms with Gasteiger partial charge in [-0.3, -0.25) is 4.21 Å². The first kappa shape index (κ1) is 16.2. The zero-order chi connectivity index (χ0) is 14.5. The van der Waals surface area contributed by atoms with Gasteiger partial charge in [-0.05, 0) is 19.5 Å². The molecule has 0 radical (unpaired) electrons. The number of halogens is 2. The van der Waals surface area contributed by atoms with Gasteiger partial charge in [-0.2, -0.15) is 0 Å². The first-order valence-corrected chi connectivity index (χ1v) is 8.68. The van der Waals surface area contributed by atoms with Crippen LogP contribution in [0.25, 0.3) is 0 Å². The van der Waals surface area contributed by atoms with Gasteiger partial charge in [0.2, 0.25) is 10.0 Å². The Bertz CT molecular complexity index is 561. The number of rotatable bonds is 7. The molecule has 0 saturated carbocycles. The normalized spacial score (nSPS) is 13.4. The Hall–Kier alpha value is -0.860. The van der Waals surface area contributed by atoms with E-state index in [1.807, 2.05) is 0 Å². The van der Waals surface area contributed by atoms with E-state index in [2.05, 4.69) is 4.72 Å². The Kier molecular flexibility index (Phi) is 6.02. The molecule has 0 bridgehead atoms. The molecule has 1 atom stereocenters. The second-order valence-electron chi connectivity index (χ2n) is 3.90. The maximum absolute atomic E-state index is 13.3. The zero-order valence-electron chi connectivity index (χ0n) is 10.4. The first-order chi connectivity index (χ1) is 8.84. The average Bonchev–Trinajstić information content (AvgIpc) is 2.32. The Morgan fingerprint density at radius 2 is 2.00 bits per heavy atom. The van der Waals surface area contributed by atoms with Crippen molar-refractivity contribution in [2.45, 2.75) is 12.2 Å². The largest absolute Gasteiger partial charge is 0.259 e. The van der Waals surface area contributed by atoms with Crippen LogP contribution in [-0.4, -0.2) is 31.2 Å². The van der Waals surface area contributed by atoms with Gasteiger partial charge in [0.15, 0.2) is 0 Å². The molecule has 0 saturated heterocycles. The second-order valence-corrected chi connectivity index (χ2v) is 7.52. The highest BCUT2D eigenvalue weighted by Gasteiger charge is 2.11. The highest BCUT2D eigenvalue weighted by Crippen LogP contribution is 2.12. The summed E-state index contributed by atoms with van der Waals surface area (Å²) in [4.78, 5) is 0. The molecule has 1 N–H and O–H groups in total. The van der Waals surface area contributed by atoms with Crippen LogP contribution in [0.1, 0.15) is 12.0 Å². The van der Waals surface area contributed by atoms with Crippen LogP contribution in [0.5, 0.6) is 0 Å². The molecule has 1 rings (SSSR count). The van der Waals surface area contributed by atoms with Crippen LogP contribution in [-0.2, 0) is 26.6 Å². The predicted molar refractivity (Wildman–Crippen MR) is 70.5 cm³/mol. The minimum Gasteiger partial charge on any atom is -0.259 e. The van der Waals surface area contributed by atoms with E-state index in [4.69, 9.17) is 0 Å². The minimum absolute atomic E-state index is 0.0499. The summed E-state index contributed by atoms with van der Waals surface area (Å²) in [5.74, 6) is -1.45. The molecule has 1 aromatic rings. The summed E-state index contributed by atoms with van der Waals surface area (Å²) < 4.78 is 62.0. The van der Waals surface area contributed by atoms with E-state index in [0.717, 1.165) is 12.1 Å². The topological polar surface area (TPSA) is 63.2 Å². The van der Waals surface area contributed by atoms with Crippen molar-refractivity contribution in [2.75, 3.05) is 18.6 Å². The Labute approximate surface area is 113 Å². The lowest BCUT2D eigenvalue weighted by molar-refractivity contribution is 0.575. The zero-order valence-corrected chi connectivity index (χ0v) is 12.0. The van der Waals surface area contributed by atoms with Gasteiger partial charge in [-0.15, -0.1) is 0 Å². The summed E-state index contributed by atoms with van der Waals surface area (Å²) in [5.41, 5.74) is 0.163. The van der Waals surface area contributed by atoms with E-state index in [1.54, 1.807) is 0 Å². The van der Waals surface area contributed by atoms with Crippen LogP contribution >= 0.6 is 0 Å². The number of sulfonamides is 1. The summed E-state index contributed by atoms with van der Waals surface area (Å²) in [6.45, 7) is 0. The van der Waals surface area contributed by atoms with Gasteiger partial charge >= 0.3 is 0 Å². The van der Waals surface area contributed by atoms with Crippen molar-refractivity contribution in [1.82, 2.24) is 4.72 Å². The van der Waals surface area contributed by atoms with E-state index in [1.165, 1.54) is 13.1 Å². The summed E-state index contributed by atoms with van der Waals surface area (Å²) in [6, 6.07) is 3.08. The third kappa shape index (κ3) is 5.75. The number of nitrogens with one attached hydrogen (secondary N) is 1. The van der Waals surface area contributed by atoms with Gasteiger partial charge in [0, 0.05) is 28.2 Å². The lowest BCUT2D eigenvalue weighted by atomic mass is 10.2. The summed E-state index contributed by atoms with van der Waals surface area (Å²) in [7, 11) is -3.38. The summed E-state index contributed by atoms with van der Waals surface area (Å²) in [6.07, 6.45) is 0.221. The van der Waals surface area contributed by atoms with Gasteiger partial charge in [0.25, 0.3) is 0 Å². The number of hydrogen-bond acceptors (Lipinski definition) is 3. The van der Waals surface area contributed by atoms with Gasteiger partial charge < -0.3 is 0 Å². The molecule has 1 aromatic carbocycles. The third-order valence-corrected chi connectivity index (χ3v) is 5.25. The fourth-order valence-electron chi connectivity index (χ4n) is 1.40. The van der Waals surface area contributed by atoms with Crippen molar-refractivity contribution < 1.29 is 21.4 Å². The lowest BCUT2D eigenvalue weighted by Crippen LogP contribution is -2.23. The number of benzene rings is 1. The Morgan fingerprint density at radius 3 is 2.58 bits per heavy atom. The molecular formula is C11H15F2NO3S2. The van der Waals surface area contributed by atoms with Gasteiger partial charge in [-0.25, -0.2) is 21.9 Å². The lowest BCUT2D eigenvalue weighted by Gasteiger charge is -2.05. The summed E-state index contributed by atoms with van der Waals surface area (Å²) in [5, 5.41) is 0. The van der Waals surface area contributed by atoms with Crippen molar-refractivity contribution in [1.29, 1.82) is 0 Å². The quantitative estimate of drug-likeness (QED) is 0.822. The molecule has 0 aliphatic rings. The van der Waals surface area contributed by atoms with Crippen LogP contribution in [0, 0.1) is 11.6 Å². The van der Waals surface area contributed by atoms with Crippen molar-refractivity contribution in [3.05, 3.63) is 35.4 Å². The van der Waals surface area contributed by atoms with Crippen molar-refractivity contribution in [3.63, 3.8) is 0 Å². The maximum atomic E-state index is 13.3. The predicted octanol–water partition coefficient (Wildman–Crippen LogP) is 1.15. The second kappa shape index (κ2) is 7.06. The van der Waals surface area contributed by atoms with Crippen LogP contribution in [0.2, 0.25) is 0 Å². The standard InChI is InChI=1S/C11H15F2NO3S2/c1-14-19(16,17)6-2-5-18(15)8-9-3-4-10(12)7-11(9)13/h3-4,7,14H,2,5-6,8H2,1H3/t18-/m1/s1. The first-order valence-electron chi connectivity index (χ1n) is 5.54. The smallest absolute Gasteiger partial charge is 0.211 e. The van der Waals surface area contributed by atoms with E-state index >= 15 is 0 Å². The van der Waals surface area contributed by atoms with Gasteiger partial charge in [-0.1, -0.05) is 6.07 Å².